The van der Waals surface area contributed by atoms with Crippen molar-refractivity contribution in [1.29, 1.82) is 0 Å². The van der Waals surface area contributed by atoms with E-state index < -0.39 is 33.7 Å². The number of halogens is 3. The van der Waals surface area contributed by atoms with Gasteiger partial charge in [0.1, 0.15) is 6.04 Å². The number of alkyl halides is 3. The van der Waals surface area contributed by atoms with Gasteiger partial charge in [0.25, 0.3) is 0 Å². The van der Waals surface area contributed by atoms with Gasteiger partial charge in [0.15, 0.2) is 4.34 Å². The molecule has 0 aliphatic heterocycles. The molecule has 2 aromatic rings. The number of thioether (sulfide) groups is 1. The Labute approximate surface area is 174 Å². The predicted molar refractivity (Wildman–Crippen MR) is 108 cm³/mol. The molecule has 2 rings (SSSR count). The van der Waals surface area contributed by atoms with Crippen LogP contribution in [-0.2, 0) is 21.0 Å². The standard InChI is InChI=1S/C16H19F3N4O3S3/c1-4-8-27-15-22-21-14(28-15)20-13(24)10(2)23(29(3,25)26)12-7-5-6-11(9-12)16(17,18)19/h5-7,9-10H,4,8H2,1-3H3,(H,20,21,24). The van der Waals surface area contributed by atoms with Crippen molar-refractivity contribution in [2.24, 2.45) is 0 Å². The summed E-state index contributed by atoms with van der Waals surface area (Å²) in [5.74, 6) is 0.0900. The minimum atomic E-state index is -4.65. The van der Waals surface area contributed by atoms with Gasteiger partial charge in [-0.3, -0.25) is 14.4 Å². The van der Waals surface area contributed by atoms with Crippen LogP contribution in [0.2, 0.25) is 0 Å². The lowest BCUT2D eigenvalue weighted by molar-refractivity contribution is -0.137. The van der Waals surface area contributed by atoms with E-state index >= 15 is 0 Å². The van der Waals surface area contributed by atoms with Gasteiger partial charge in [0.2, 0.25) is 21.1 Å². The van der Waals surface area contributed by atoms with Crippen molar-refractivity contribution in [3.8, 4) is 0 Å². The third kappa shape index (κ3) is 6.31. The SMILES string of the molecule is CCCSc1nnc(NC(=O)C(C)N(c2cccc(C(F)(F)F)c2)S(C)(=O)=O)s1. The number of hydrogen-bond donors (Lipinski definition) is 1. The summed E-state index contributed by atoms with van der Waals surface area (Å²) < 4.78 is 64.8. The van der Waals surface area contributed by atoms with E-state index in [9.17, 15) is 26.4 Å². The summed E-state index contributed by atoms with van der Waals surface area (Å²) in [4.78, 5) is 12.6. The molecule has 1 heterocycles. The molecule has 0 radical (unpaired) electrons. The van der Waals surface area contributed by atoms with E-state index in [-0.39, 0.29) is 10.8 Å². The molecule has 0 saturated carbocycles. The number of benzene rings is 1. The molecule has 160 valence electrons. The molecule has 13 heteroatoms. The van der Waals surface area contributed by atoms with Crippen molar-refractivity contribution in [2.75, 3.05) is 21.6 Å². The fraction of sp³-hybridized carbons (Fsp3) is 0.438. The zero-order valence-corrected chi connectivity index (χ0v) is 18.2. The Morgan fingerprint density at radius 3 is 2.62 bits per heavy atom. The summed E-state index contributed by atoms with van der Waals surface area (Å²) in [6, 6.07) is 2.48. The normalized spacial score (nSPS) is 13.2. The number of nitrogens with zero attached hydrogens (tertiary/aromatic N) is 3. The molecule has 7 nitrogen and oxygen atoms in total. The number of carbonyl (C=O) groups is 1. The molecule has 1 aromatic heterocycles. The average molecular weight is 469 g/mol. The average Bonchev–Trinajstić information content (AvgIpc) is 3.05. The van der Waals surface area contributed by atoms with Crippen molar-refractivity contribution in [3.63, 3.8) is 0 Å². The minimum absolute atomic E-state index is 0.179. The number of amides is 1. The second-order valence-electron chi connectivity index (χ2n) is 5.99. The predicted octanol–water partition coefficient (Wildman–Crippen LogP) is 3.85. The van der Waals surface area contributed by atoms with Crippen molar-refractivity contribution < 1.29 is 26.4 Å². The molecule has 29 heavy (non-hydrogen) atoms. The first-order valence-electron chi connectivity index (χ1n) is 8.37. The molecule has 1 amide bonds. The lowest BCUT2D eigenvalue weighted by Crippen LogP contribution is -2.45. The van der Waals surface area contributed by atoms with Gasteiger partial charge >= 0.3 is 6.18 Å². The van der Waals surface area contributed by atoms with Crippen LogP contribution in [0.4, 0.5) is 24.0 Å². The first-order valence-corrected chi connectivity index (χ1v) is 12.0. The van der Waals surface area contributed by atoms with Crippen LogP contribution in [0.25, 0.3) is 0 Å². The van der Waals surface area contributed by atoms with Gasteiger partial charge in [-0.25, -0.2) is 8.42 Å². The van der Waals surface area contributed by atoms with Gasteiger partial charge in [-0.1, -0.05) is 36.1 Å². The van der Waals surface area contributed by atoms with Crippen molar-refractivity contribution >= 4 is 49.8 Å². The molecular formula is C16H19F3N4O3S3. The molecule has 1 N–H and O–H groups in total. The molecular weight excluding hydrogens is 449 g/mol. The fourth-order valence-electron chi connectivity index (χ4n) is 2.35. The van der Waals surface area contributed by atoms with E-state index in [1.54, 1.807) is 0 Å². The summed E-state index contributed by atoms with van der Waals surface area (Å²) in [5.41, 5.74) is -1.28. The summed E-state index contributed by atoms with van der Waals surface area (Å²) in [5, 5.41) is 10.4. The number of nitrogens with one attached hydrogen (secondary N) is 1. The number of sulfonamides is 1. The summed E-state index contributed by atoms with van der Waals surface area (Å²) in [6.07, 6.45) is -2.89. The van der Waals surface area contributed by atoms with Crippen molar-refractivity contribution in [2.45, 2.75) is 36.8 Å². The molecule has 0 aliphatic rings. The first-order chi connectivity index (χ1) is 13.4. The molecule has 0 spiro atoms. The number of aromatic nitrogens is 2. The maximum absolute atomic E-state index is 13.0. The molecule has 1 atom stereocenters. The van der Waals surface area contributed by atoms with Crippen LogP contribution in [0.1, 0.15) is 25.8 Å². The number of anilines is 2. The molecule has 1 aromatic carbocycles. The van der Waals surface area contributed by atoms with Crippen LogP contribution in [0.3, 0.4) is 0 Å². The van der Waals surface area contributed by atoms with Crippen LogP contribution in [0.15, 0.2) is 28.6 Å². The van der Waals surface area contributed by atoms with Crippen molar-refractivity contribution in [3.05, 3.63) is 29.8 Å². The second-order valence-corrected chi connectivity index (χ2v) is 10.2. The van der Waals surface area contributed by atoms with Gasteiger partial charge in [-0.2, -0.15) is 13.2 Å². The maximum Gasteiger partial charge on any atom is 0.416 e. The molecule has 0 aliphatic carbocycles. The van der Waals surface area contributed by atoms with Gasteiger partial charge in [-0.05, 0) is 31.5 Å². The van der Waals surface area contributed by atoms with E-state index in [4.69, 9.17) is 0 Å². The molecule has 0 fully saturated rings. The van der Waals surface area contributed by atoms with Gasteiger partial charge in [-0.15, -0.1) is 10.2 Å². The lowest BCUT2D eigenvalue weighted by Gasteiger charge is -2.28. The molecule has 0 saturated heterocycles. The molecule has 1 unspecified atom stereocenters. The highest BCUT2D eigenvalue weighted by molar-refractivity contribution is 8.01. The summed E-state index contributed by atoms with van der Waals surface area (Å²) in [7, 11) is -4.06. The number of hydrogen-bond acceptors (Lipinski definition) is 7. The van der Waals surface area contributed by atoms with Crippen LogP contribution in [0.5, 0.6) is 0 Å². The minimum Gasteiger partial charge on any atom is -0.299 e. The van der Waals surface area contributed by atoms with Crippen molar-refractivity contribution in [1.82, 2.24) is 10.2 Å². The molecule has 0 bridgehead atoms. The highest BCUT2D eigenvalue weighted by atomic mass is 32.2. The van der Waals surface area contributed by atoms with E-state index in [0.717, 1.165) is 41.9 Å². The smallest absolute Gasteiger partial charge is 0.299 e. The highest BCUT2D eigenvalue weighted by Crippen LogP contribution is 2.33. The zero-order chi connectivity index (χ0) is 21.8. The van der Waals surface area contributed by atoms with Gasteiger partial charge in [0.05, 0.1) is 17.5 Å². The number of rotatable bonds is 8. The topological polar surface area (TPSA) is 92.3 Å². The maximum atomic E-state index is 13.0. The Hall–Kier alpha value is -1.86. The van der Waals surface area contributed by atoms with E-state index in [0.29, 0.717) is 14.7 Å². The lowest BCUT2D eigenvalue weighted by atomic mass is 10.2. The summed E-state index contributed by atoms with van der Waals surface area (Å²) in [6.45, 7) is 3.29. The van der Waals surface area contributed by atoms with Crippen LogP contribution >= 0.6 is 23.1 Å². The second kappa shape index (κ2) is 9.30. The van der Waals surface area contributed by atoms with Crippen LogP contribution in [0, 0.1) is 0 Å². The number of carbonyl (C=O) groups excluding carboxylic acids is 1. The van der Waals surface area contributed by atoms with E-state index in [1.165, 1.54) is 24.8 Å². The Balaban J connectivity index is 2.27. The van der Waals surface area contributed by atoms with Crippen LogP contribution in [-0.4, -0.2) is 42.6 Å². The quantitative estimate of drug-likeness (QED) is 0.467. The van der Waals surface area contributed by atoms with Crippen LogP contribution < -0.4 is 9.62 Å². The monoisotopic (exact) mass is 468 g/mol. The largest absolute Gasteiger partial charge is 0.416 e. The van der Waals surface area contributed by atoms with Gasteiger partial charge in [0, 0.05) is 5.75 Å². The Kier molecular flexibility index (Phi) is 7.51. The Bertz CT molecular complexity index is 964. The van der Waals surface area contributed by atoms with Gasteiger partial charge < -0.3 is 0 Å². The third-order valence-electron chi connectivity index (χ3n) is 3.58. The highest BCUT2D eigenvalue weighted by Gasteiger charge is 2.34. The first kappa shape index (κ1) is 23.4. The fourth-order valence-corrected chi connectivity index (χ4v) is 5.19. The zero-order valence-electron chi connectivity index (χ0n) is 15.7. The summed E-state index contributed by atoms with van der Waals surface area (Å²) >= 11 is 2.60. The Morgan fingerprint density at radius 2 is 2.03 bits per heavy atom. The Morgan fingerprint density at radius 1 is 1.34 bits per heavy atom. The van der Waals surface area contributed by atoms with E-state index in [1.807, 2.05) is 6.92 Å². The third-order valence-corrected chi connectivity index (χ3v) is 7.00. The van der Waals surface area contributed by atoms with E-state index in [2.05, 4.69) is 15.5 Å².